The Morgan fingerprint density at radius 1 is 0.917 bits per heavy atom. The maximum atomic E-state index is 12.6. The lowest BCUT2D eigenvalue weighted by Crippen LogP contribution is -2.41. The van der Waals surface area contributed by atoms with E-state index in [1.807, 2.05) is 0 Å². The SMILES string of the molecule is COC(=O)C(NC(=O)[C@H](NC=O)c1ccccc1)c1ccccc1. The second kappa shape index (κ2) is 8.47. The zero-order chi connectivity index (χ0) is 17.4. The number of nitrogens with one attached hydrogen (secondary N) is 2. The van der Waals surface area contributed by atoms with Crippen molar-refractivity contribution in [2.24, 2.45) is 0 Å². The van der Waals surface area contributed by atoms with Gasteiger partial charge in [-0.1, -0.05) is 60.7 Å². The molecule has 124 valence electrons. The van der Waals surface area contributed by atoms with Crippen LogP contribution in [0.2, 0.25) is 0 Å². The van der Waals surface area contributed by atoms with Gasteiger partial charge in [-0.25, -0.2) is 4.79 Å². The molecule has 1 unspecified atom stereocenters. The van der Waals surface area contributed by atoms with Crippen LogP contribution in [0.3, 0.4) is 0 Å². The number of hydrogen-bond donors (Lipinski definition) is 2. The molecule has 0 aliphatic heterocycles. The Bertz CT molecular complexity index is 689. The van der Waals surface area contributed by atoms with E-state index in [0.717, 1.165) is 0 Å². The minimum absolute atomic E-state index is 0.451. The van der Waals surface area contributed by atoms with Crippen LogP contribution < -0.4 is 10.6 Å². The first kappa shape index (κ1) is 17.2. The van der Waals surface area contributed by atoms with Gasteiger partial charge in [0.1, 0.15) is 6.04 Å². The molecule has 2 aromatic carbocycles. The molecule has 0 fully saturated rings. The summed E-state index contributed by atoms with van der Waals surface area (Å²) >= 11 is 0. The maximum absolute atomic E-state index is 12.6. The number of carbonyl (C=O) groups excluding carboxylic acids is 3. The second-order valence-electron chi connectivity index (χ2n) is 5.00. The number of benzene rings is 2. The molecule has 0 aliphatic rings. The van der Waals surface area contributed by atoms with E-state index in [1.165, 1.54) is 7.11 Å². The molecule has 0 aromatic heterocycles. The van der Waals surface area contributed by atoms with Gasteiger partial charge in [0, 0.05) is 0 Å². The van der Waals surface area contributed by atoms with Gasteiger partial charge < -0.3 is 15.4 Å². The summed E-state index contributed by atoms with van der Waals surface area (Å²) in [6, 6.07) is 15.7. The minimum Gasteiger partial charge on any atom is -0.467 e. The number of hydrogen-bond acceptors (Lipinski definition) is 4. The second-order valence-corrected chi connectivity index (χ2v) is 5.00. The first-order valence-corrected chi connectivity index (χ1v) is 7.35. The van der Waals surface area contributed by atoms with Gasteiger partial charge in [0.15, 0.2) is 6.04 Å². The molecular weight excluding hydrogens is 308 g/mol. The fourth-order valence-electron chi connectivity index (χ4n) is 2.30. The first-order chi connectivity index (χ1) is 11.7. The molecular formula is C18H18N2O4. The molecule has 0 spiro atoms. The molecule has 0 aliphatic carbocycles. The fraction of sp³-hybridized carbons (Fsp3) is 0.167. The summed E-state index contributed by atoms with van der Waals surface area (Å²) in [5, 5.41) is 5.10. The Labute approximate surface area is 139 Å². The van der Waals surface area contributed by atoms with Crippen molar-refractivity contribution in [2.45, 2.75) is 12.1 Å². The van der Waals surface area contributed by atoms with Crippen LogP contribution in [0, 0.1) is 0 Å². The van der Waals surface area contributed by atoms with E-state index in [1.54, 1.807) is 60.7 Å². The molecule has 0 bridgehead atoms. The van der Waals surface area contributed by atoms with Crippen molar-refractivity contribution in [1.82, 2.24) is 10.6 Å². The van der Waals surface area contributed by atoms with E-state index in [-0.39, 0.29) is 0 Å². The van der Waals surface area contributed by atoms with E-state index >= 15 is 0 Å². The highest BCUT2D eigenvalue weighted by Crippen LogP contribution is 2.18. The Balaban J connectivity index is 2.25. The average Bonchev–Trinajstić information content (AvgIpc) is 2.64. The molecule has 6 nitrogen and oxygen atoms in total. The van der Waals surface area contributed by atoms with Gasteiger partial charge in [0.05, 0.1) is 7.11 Å². The van der Waals surface area contributed by atoms with Crippen LogP contribution in [-0.2, 0) is 19.1 Å². The Morgan fingerprint density at radius 3 is 1.88 bits per heavy atom. The molecule has 0 radical (unpaired) electrons. The fourth-order valence-corrected chi connectivity index (χ4v) is 2.30. The molecule has 6 heteroatoms. The highest BCUT2D eigenvalue weighted by molar-refractivity contribution is 5.90. The Hall–Kier alpha value is -3.15. The summed E-state index contributed by atoms with van der Waals surface area (Å²) in [5.41, 5.74) is 1.20. The van der Waals surface area contributed by atoms with Gasteiger partial charge in [-0.15, -0.1) is 0 Å². The summed E-state index contributed by atoms with van der Waals surface area (Å²) < 4.78 is 4.77. The quantitative estimate of drug-likeness (QED) is 0.596. The summed E-state index contributed by atoms with van der Waals surface area (Å²) in [7, 11) is 1.25. The summed E-state index contributed by atoms with van der Waals surface area (Å²) in [6.45, 7) is 0. The van der Waals surface area contributed by atoms with Crippen molar-refractivity contribution in [1.29, 1.82) is 0 Å². The third-order valence-electron chi connectivity index (χ3n) is 3.49. The topological polar surface area (TPSA) is 84.5 Å². The van der Waals surface area contributed by atoms with Crippen LogP contribution in [0.5, 0.6) is 0 Å². The number of amides is 2. The van der Waals surface area contributed by atoms with Crippen molar-refractivity contribution in [3.8, 4) is 0 Å². The van der Waals surface area contributed by atoms with Gasteiger partial charge in [-0.2, -0.15) is 0 Å². The molecule has 0 saturated carbocycles. The van der Waals surface area contributed by atoms with Crippen LogP contribution in [0.4, 0.5) is 0 Å². The van der Waals surface area contributed by atoms with Crippen molar-refractivity contribution in [3.63, 3.8) is 0 Å². The monoisotopic (exact) mass is 326 g/mol. The zero-order valence-corrected chi connectivity index (χ0v) is 13.1. The van der Waals surface area contributed by atoms with Crippen molar-refractivity contribution in [3.05, 3.63) is 71.8 Å². The molecule has 2 N–H and O–H groups in total. The zero-order valence-electron chi connectivity index (χ0n) is 13.1. The first-order valence-electron chi connectivity index (χ1n) is 7.35. The average molecular weight is 326 g/mol. The lowest BCUT2D eigenvalue weighted by atomic mass is 10.0. The van der Waals surface area contributed by atoms with Crippen LogP contribution in [0.25, 0.3) is 0 Å². The Morgan fingerprint density at radius 2 is 1.42 bits per heavy atom. The van der Waals surface area contributed by atoms with Crippen molar-refractivity contribution in [2.75, 3.05) is 7.11 Å². The van der Waals surface area contributed by atoms with Crippen molar-refractivity contribution < 1.29 is 19.1 Å². The molecule has 2 amide bonds. The third-order valence-corrected chi connectivity index (χ3v) is 3.49. The van der Waals surface area contributed by atoms with E-state index in [4.69, 9.17) is 4.74 Å². The minimum atomic E-state index is -0.955. The number of rotatable bonds is 7. The molecule has 0 saturated heterocycles. The largest absolute Gasteiger partial charge is 0.467 e. The highest BCUT2D eigenvalue weighted by Gasteiger charge is 2.28. The lowest BCUT2D eigenvalue weighted by Gasteiger charge is -2.21. The van der Waals surface area contributed by atoms with Gasteiger partial charge in [-0.3, -0.25) is 9.59 Å². The van der Waals surface area contributed by atoms with E-state index in [0.29, 0.717) is 17.5 Å². The number of carbonyl (C=O) groups is 3. The van der Waals surface area contributed by atoms with Crippen LogP contribution in [0.1, 0.15) is 23.2 Å². The summed E-state index contributed by atoms with van der Waals surface area (Å²) in [4.78, 5) is 35.5. The summed E-state index contributed by atoms with van der Waals surface area (Å²) in [5.74, 6) is -1.10. The predicted molar refractivity (Wildman–Crippen MR) is 87.7 cm³/mol. The highest BCUT2D eigenvalue weighted by atomic mass is 16.5. The van der Waals surface area contributed by atoms with Gasteiger partial charge in [0.2, 0.25) is 12.3 Å². The van der Waals surface area contributed by atoms with E-state index in [9.17, 15) is 14.4 Å². The maximum Gasteiger partial charge on any atom is 0.333 e. The van der Waals surface area contributed by atoms with Crippen LogP contribution >= 0.6 is 0 Å². The van der Waals surface area contributed by atoms with Gasteiger partial charge in [0.25, 0.3) is 0 Å². The molecule has 0 heterocycles. The smallest absolute Gasteiger partial charge is 0.333 e. The predicted octanol–water partition coefficient (Wildman–Crippen LogP) is 1.50. The van der Waals surface area contributed by atoms with Crippen LogP contribution in [-0.4, -0.2) is 25.4 Å². The van der Waals surface area contributed by atoms with E-state index < -0.39 is 24.0 Å². The van der Waals surface area contributed by atoms with Gasteiger partial charge >= 0.3 is 5.97 Å². The number of esters is 1. The van der Waals surface area contributed by atoms with Crippen molar-refractivity contribution >= 4 is 18.3 Å². The molecule has 2 aromatic rings. The van der Waals surface area contributed by atoms with Gasteiger partial charge in [-0.05, 0) is 11.1 Å². The lowest BCUT2D eigenvalue weighted by molar-refractivity contribution is -0.145. The standard InChI is InChI=1S/C18H18N2O4/c1-24-18(23)16(14-10-6-3-7-11-14)20-17(22)15(19-12-21)13-8-4-2-5-9-13/h2-12,15-16H,1H3,(H,19,21)(H,20,22)/t15-,16?/m1/s1. The molecule has 2 atom stereocenters. The third kappa shape index (κ3) is 4.19. The molecule has 2 rings (SSSR count). The Kier molecular flexibility index (Phi) is 6.08. The summed E-state index contributed by atoms with van der Waals surface area (Å²) in [6.07, 6.45) is 0.451. The molecule has 24 heavy (non-hydrogen) atoms. The normalized spacial score (nSPS) is 12.5. The van der Waals surface area contributed by atoms with E-state index in [2.05, 4.69) is 10.6 Å². The van der Waals surface area contributed by atoms with Crippen LogP contribution in [0.15, 0.2) is 60.7 Å². The number of methoxy groups -OCH3 is 1. The number of ether oxygens (including phenoxy) is 1.